The minimum atomic E-state index is 0.0248. The smallest absolute Gasteiger partial charge is 0.191 e. The van der Waals surface area contributed by atoms with Gasteiger partial charge in [0.05, 0.1) is 13.2 Å². The number of aliphatic hydroxyl groups excluding tert-OH is 1. The molecule has 2 aromatic carbocycles. The second-order valence-corrected chi connectivity index (χ2v) is 7.29. The molecule has 1 aromatic heterocycles. The van der Waals surface area contributed by atoms with Crippen LogP contribution in [0.4, 0.5) is 0 Å². The van der Waals surface area contributed by atoms with E-state index in [1.165, 1.54) is 5.56 Å². The largest absolute Gasteiger partial charge is 0.396 e. The highest BCUT2D eigenvalue weighted by atomic mass is 16.3. The first-order valence-corrected chi connectivity index (χ1v) is 10.4. The molecule has 0 fully saturated rings. The average Bonchev–Trinajstić information content (AvgIpc) is 3.17. The molecule has 0 aliphatic rings. The van der Waals surface area contributed by atoms with E-state index in [9.17, 15) is 5.11 Å². The Morgan fingerprint density at radius 2 is 1.90 bits per heavy atom. The summed E-state index contributed by atoms with van der Waals surface area (Å²) in [6, 6.07) is 18.5. The summed E-state index contributed by atoms with van der Waals surface area (Å²) in [6.45, 7) is 6.93. The molecule has 0 radical (unpaired) electrons. The van der Waals surface area contributed by atoms with Crippen molar-refractivity contribution in [2.45, 2.75) is 32.9 Å². The highest BCUT2D eigenvalue weighted by molar-refractivity contribution is 5.79. The maximum absolute atomic E-state index is 9.78. The van der Waals surface area contributed by atoms with Gasteiger partial charge in [-0.1, -0.05) is 54.6 Å². The number of aliphatic imine (C=N–C) groups is 1. The summed E-state index contributed by atoms with van der Waals surface area (Å²) in [5, 5.41) is 16.4. The molecule has 0 spiro atoms. The number of rotatable bonds is 9. The lowest BCUT2D eigenvalue weighted by atomic mass is 10.0. The van der Waals surface area contributed by atoms with E-state index in [1.54, 1.807) is 0 Å². The van der Waals surface area contributed by atoms with Crippen LogP contribution in [-0.2, 0) is 13.1 Å². The van der Waals surface area contributed by atoms with E-state index in [0.29, 0.717) is 13.1 Å². The molecule has 3 aromatic rings. The fraction of sp³-hybridized carbons (Fsp3) is 0.333. The number of aliphatic hydroxyl groups is 1. The molecule has 6 heteroatoms. The van der Waals surface area contributed by atoms with Crippen molar-refractivity contribution in [1.29, 1.82) is 0 Å². The van der Waals surface area contributed by atoms with Crippen LogP contribution in [0.1, 0.15) is 35.4 Å². The summed E-state index contributed by atoms with van der Waals surface area (Å²) in [5.41, 5.74) is 3.50. The molecule has 1 heterocycles. The third-order valence-corrected chi connectivity index (χ3v) is 5.04. The van der Waals surface area contributed by atoms with Gasteiger partial charge in [0.25, 0.3) is 0 Å². The molecule has 6 nitrogen and oxygen atoms in total. The maximum Gasteiger partial charge on any atom is 0.191 e. The Morgan fingerprint density at radius 3 is 2.60 bits per heavy atom. The van der Waals surface area contributed by atoms with E-state index >= 15 is 0 Å². The van der Waals surface area contributed by atoms with Crippen LogP contribution in [0.15, 0.2) is 72.0 Å². The van der Waals surface area contributed by atoms with Crippen molar-refractivity contribution < 1.29 is 5.11 Å². The van der Waals surface area contributed by atoms with Crippen molar-refractivity contribution in [2.75, 3.05) is 19.7 Å². The minimum absolute atomic E-state index is 0.0248. The van der Waals surface area contributed by atoms with Gasteiger partial charge in [-0.2, -0.15) is 0 Å². The van der Waals surface area contributed by atoms with E-state index in [4.69, 9.17) is 4.99 Å². The van der Waals surface area contributed by atoms with Gasteiger partial charge < -0.3 is 20.3 Å². The van der Waals surface area contributed by atoms with Crippen LogP contribution < -0.4 is 10.6 Å². The molecular formula is C24H31N5O. The Labute approximate surface area is 178 Å². The van der Waals surface area contributed by atoms with Crippen LogP contribution in [0.2, 0.25) is 0 Å². The van der Waals surface area contributed by atoms with Crippen molar-refractivity contribution in [3.05, 3.63) is 89.5 Å². The molecule has 0 amide bonds. The van der Waals surface area contributed by atoms with Crippen LogP contribution in [0.3, 0.4) is 0 Å². The first kappa shape index (κ1) is 21.6. The van der Waals surface area contributed by atoms with Crippen LogP contribution in [0.5, 0.6) is 0 Å². The molecule has 0 aliphatic carbocycles. The van der Waals surface area contributed by atoms with E-state index in [2.05, 4.69) is 44.5 Å². The van der Waals surface area contributed by atoms with Crippen molar-refractivity contribution in [3.63, 3.8) is 0 Å². The summed E-state index contributed by atoms with van der Waals surface area (Å²) in [7, 11) is 0. The van der Waals surface area contributed by atoms with Crippen LogP contribution in [0.25, 0.3) is 0 Å². The number of benzene rings is 2. The monoisotopic (exact) mass is 405 g/mol. The Hall–Kier alpha value is -3.12. The molecule has 158 valence electrons. The van der Waals surface area contributed by atoms with Gasteiger partial charge in [-0.05, 0) is 30.5 Å². The SMILES string of the molecule is CCNC(=NCc1cccc(Cn2ccnc2C)c1)NCC(CO)c1ccccc1. The van der Waals surface area contributed by atoms with Gasteiger partial charge in [0.1, 0.15) is 5.82 Å². The number of aromatic nitrogens is 2. The third-order valence-electron chi connectivity index (χ3n) is 5.04. The highest BCUT2D eigenvalue weighted by Gasteiger charge is 2.11. The fourth-order valence-corrected chi connectivity index (χ4v) is 3.34. The van der Waals surface area contributed by atoms with Gasteiger partial charge >= 0.3 is 0 Å². The normalized spacial score (nSPS) is 12.6. The van der Waals surface area contributed by atoms with Gasteiger partial charge in [-0.15, -0.1) is 0 Å². The van der Waals surface area contributed by atoms with Gasteiger partial charge in [0, 0.05) is 37.9 Å². The molecule has 1 unspecified atom stereocenters. The molecule has 0 saturated carbocycles. The third kappa shape index (κ3) is 6.19. The highest BCUT2D eigenvalue weighted by Crippen LogP contribution is 2.14. The predicted molar refractivity (Wildman–Crippen MR) is 122 cm³/mol. The van der Waals surface area contributed by atoms with E-state index in [1.807, 2.05) is 56.6 Å². The molecule has 3 rings (SSSR count). The molecule has 3 N–H and O–H groups in total. The summed E-state index contributed by atoms with van der Waals surface area (Å²) < 4.78 is 2.13. The lowest BCUT2D eigenvalue weighted by Crippen LogP contribution is -2.39. The molecule has 30 heavy (non-hydrogen) atoms. The molecule has 0 aliphatic heterocycles. The van der Waals surface area contributed by atoms with E-state index < -0.39 is 0 Å². The Balaban J connectivity index is 1.63. The van der Waals surface area contributed by atoms with Crippen LogP contribution in [0, 0.1) is 6.92 Å². The van der Waals surface area contributed by atoms with Gasteiger partial charge in [-0.3, -0.25) is 0 Å². The summed E-state index contributed by atoms with van der Waals surface area (Å²) in [4.78, 5) is 9.02. The average molecular weight is 406 g/mol. The Bertz CT molecular complexity index is 936. The van der Waals surface area contributed by atoms with E-state index in [-0.39, 0.29) is 12.5 Å². The standard InChI is InChI=1S/C24H31N5O/c1-3-25-24(28-16-23(18-30)22-10-5-4-6-11-22)27-15-20-8-7-9-21(14-20)17-29-13-12-26-19(29)2/h4-14,23,30H,3,15-18H2,1-2H3,(H2,25,27,28). The van der Waals surface area contributed by atoms with Gasteiger partial charge in [0.15, 0.2) is 5.96 Å². The number of nitrogens with one attached hydrogen (secondary N) is 2. The molecule has 0 saturated heterocycles. The van der Waals surface area contributed by atoms with Crippen LogP contribution >= 0.6 is 0 Å². The first-order chi connectivity index (χ1) is 14.7. The minimum Gasteiger partial charge on any atom is -0.396 e. The first-order valence-electron chi connectivity index (χ1n) is 10.4. The van der Waals surface area contributed by atoms with Crippen molar-refractivity contribution in [2.24, 2.45) is 4.99 Å². The lowest BCUT2D eigenvalue weighted by molar-refractivity contribution is 0.265. The van der Waals surface area contributed by atoms with Crippen LogP contribution in [-0.4, -0.2) is 40.3 Å². The number of imidazole rings is 1. The van der Waals surface area contributed by atoms with Crippen molar-refractivity contribution >= 4 is 5.96 Å². The molecule has 1 atom stereocenters. The summed E-state index contributed by atoms with van der Waals surface area (Å²) >= 11 is 0. The number of hydrogen-bond acceptors (Lipinski definition) is 3. The second kappa shape index (κ2) is 11.2. The van der Waals surface area contributed by atoms with Crippen molar-refractivity contribution in [3.8, 4) is 0 Å². The van der Waals surface area contributed by atoms with Gasteiger partial charge in [-0.25, -0.2) is 9.98 Å². The number of hydrogen-bond donors (Lipinski definition) is 3. The fourth-order valence-electron chi connectivity index (χ4n) is 3.34. The number of aryl methyl sites for hydroxylation is 1. The zero-order valence-corrected chi connectivity index (χ0v) is 17.8. The Kier molecular flexibility index (Phi) is 8.03. The zero-order valence-electron chi connectivity index (χ0n) is 17.8. The summed E-state index contributed by atoms with van der Waals surface area (Å²) in [6.07, 6.45) is 3.82. The lowest BCUT2D eigenvalue weighted by Gasteiger charge is -2.18. The number of nitrogens with zero attached hydrogens (tertiary/aromatic N) is 3. The molecule has 0 bridgehead atoms. The zero-order chi connectivity index (χ0) is 21.2. The predicted octanol–water partition coefficient (Wildman–Crippen LogP) is 3.07. The molecular weight excluding hydrogens is 374 g/mol. The second-order valence-electron chi connectivity index (χ2n) is 7.29. The topological polar surface area (TPSA) is 74.5 Å². The Morgan fingerprint density at radius 1 is 1.10 bits per heavy atom. The number of guanidine groups is 1. The summed E-state index contributed by atoms with van der Waals surface area (Å²) in [5.74, 6) is 1.79. The quantitative estimate of drug-likeness (QED) is 0.378. The van der Waals surface area contributed by atoms with E-state index in [0.717, 1.165) is 36.0 Å². The van der Waals surface area contributed by atoms with Gasteiger partial charge in [0.2, 0.25) is 0 Å². The van der Waals surface area contributed by atoms with Crippen molar-refractivity contribution in [1.82, 2.24) is 20.2 Å². The maximum atomic E-state index is 9.78.